The Morgan fingerprint density at radius 1 is 1.21 bits per heavy atom. The number of hydrogen-bond acceptors (Lipinski definition) is 3. The molecule has 0 saturated heterocycles. The van der Waals surface area contributed by atoms with E-state index in [2.05, 4.69) is 28.1 Å². The van der Waals surface area contributed by atoms with Gasteiger partial charge in [-0.2, -0.15) is 0 Å². The predicted molar refractivity (Wildman–Crippen MR) is 119 cm³/mol. The first-order valence-corrected chi connectivity index (χ1v) is 11.1. The first-order chi connectivity index (χ1) is 14.0. The minimum Gasteiger partial charge on any atom is -0.494 e. The van der Waals surface area contributed by atoms with Gasteiger partial charge in [-0.25, -0.2) is 4.79 Å². The Morgan fingerprint density at radius 2 is 1.93 bits per heavy atom. The molecule has 2 aromatic carbocycles. The van der Waals surface area contributed by atoms with Crippen molar-refractivity contribution in [1.29, 1.82) is 0 Å². The predicted octanol–water partition coefficient (Wildman–Crippen LogP) is 6.82. The molecular weight excluding hydrogens is 452 g/mol. The largest absolute Gasteiger partial charge is 0.494 e. The first-order valence-electron chi connectivity index (χ1n) is 9.97. The maximum atomic E-state index is 11.6. The second-order valence-electron chi connectivity index (χ2n) is 8.09. The van der Waals surface area contributed by atoms with Crippen LogP contribution in [0.5, 0.6) is 0 Å². The number of hydrogen-bond donors (Lipinski definition) is 0. The lowest BCUT2D eigenvalue weighted by Gasteiger charge is -2.37. The average Bonchev–Trinajstić information content (AvgIpc) is 3.16. The summed E-state index contributed by atoms with van der Waals surface area (Å²) in [6.45, 7) is 0. The number of rotatable bonds is 4. The molecule has 1 saturated carbocycles. The van der Waals surface area contributed by atoms with Gasteiger partial charge >= 0.3 is 5.97 Å². The van der Waals surface area contributed by atoms with Crippen molar-refractivity contribution in [1.82, 2.24) is 0 Å². The average molecular weight is 476 g/mol. The molecule has 0 amide bonds. The van der Waals surface area contributed by atoms with Crippen LogP contribution < -0.4 is 0 Å². The molecular formula is C24H24BrClO3. The zero-order chi connectivity index (χ0) is 20.4. The van der Waals surface area contributed by atoms with Crippen LogP contribution in [0.1, 0.15) is 53.6 Å². The molecule has 1 aliphatic heterocycles. The topological polar surface area (TPSA) is 35.5 Å². The molecule has 152 valence electrons. The summed E-state index contributed by atoms with van der Waals surface area (Å²) < 4.78 is 11.9. The second-order valence-corrected chi connectivity index (χ2v) is 9.35. The quantitative estimate of drug-likeness (QED) is 0.455. The van der Waals surface area contributed by atoms with Gasteiger partial charge in [0.05, 0.1) is 24.0 Å². The van der Waals surface area contributed by atoms with E-state index in [1.807, 2.05) is 36.6 Å². The Balaban J connectivity index is 1.34. The van der Waals surface area contributed by atoms with E-state index in [1.54, 1.807) is 0 Å². The molecule has 0 unspecified atom stereocenters. The molecule has 1 spiro atoms. The Bertz CT molecular complexity index is 928. The van der Waals surface area contributed by atoms with Crippen molar-refractivity contribution in [3.8, 4) is 0 Å². The molecule has 2 aliphatic rings. The molecule has 1 fully saturated rings. The highest BCUT2D eigenvalue weighted by atomic mass is 79.9. The van der Waals surface area contributed by atoms with Crippen molar-refractivity contribution < 1.29 is 14.3 Å². The van der Waals surface area contributed by atoms with Crippen molar-refractivity contribution in [2.75, 3.05) is 7.11 Å². The third-order valence-electron chi connectivity index (χ3n) is 6.17. The molecule has 0 N–H and O–H groups in total. The van der Waals surface area contributed by atoms with E-state index in [9.17, 15) is 4.79 Å². The van der Waals surface area contributed by atoms with Crippen LogP contribution >= 0.6 is 27.5 Å². The Labute approximate surface area is 185 Å². The van der Waals surface area contributed by atoms with Crippen LogP contribution in [0.15, 0.2) is 53.2 Å². The van der Waals surface area contributed by atoms with Crippen LogP contribution in [-0.2, 0) is 15.9 Å². The standard InChI is InChI=1S/C24H24BrClO3/c1-28-23(27)19-5-3-18(4-6-19)20-14-24(29-15-20)10-8-16(9-11-24)12-17-2-7-22(26)21(25)13-17/h2-7,13,15-16H,8-12,14H2,1H3. The van der Waals surface area contributed by atoms with Gasteiger partial charge in [0, 0.05) is 10.9 Å². The molecule has 3 nitrogen and oxygen atoms in total. The first kappa shape index (κ1) is 20.5. The third-order valence-corrected chi connectivity index (χ3v) is 7.38. The van der Waals surface area contributed by atoms with E-state index in [0.29, 0.717) is 11.5 Å². The molecule has 29 heavy (non-hydrogen) atoms. The van der Waals surface area contributed by atoms with Crippen LogP contribution in [-0.4, -0.2) is 18.7 Å². The SMILES string of the molecule is COC(=O)c1ccc(C2=COC3(CCC(Cc4ccc(Cl)c(Br)c4)CC3)C2)cc1. The van der Waals surface area contributed by atoms with Crippen LogP contribution in [0.4, 0.5) is 0 Å². The molecule has 0 radical (unpaired) electrons. The van der Waals surface area contributed by atoms with E-state index in [4.69, 9.17) is 21.1 Å². The van der Waals surface area contributed by atoms with E-state index in [1.165, 1.54) is 31.1 Å². The fourth-order valence-corrected chi connectivity index (χ4v) is 4.98. The summed E-state index contributed by atoms with van der Waals surface area (Å²) in [6, 6.07) is 13.8. The van der Waals surface area contributed by atoms with Gasteiger partial charge in [-0.15, -0.1) is 0 Å². The molecule has 1 heterocycles. The molecule has 0 atom stereocenters. The molecule has 5 heteroatoms. The molecule has 0 aromatic heterocycles. The highest BCUT2D eigenvalue weighted by Crippen LogP contribution is 2.46. The van der Waals surface area contributed by atoms with Gasteiger partial charge in [-0.05, 0) is 94.9 Å². The van der Waals surface area contributed by atoms with E-state index < -0.39 is 0 Å². The van der Waals surface area contributed by atoms with Gasteiger partial charge in [0.25, 0.3) is 0 Å². The van der Waals surface area contributed by atoms with E-state index >= 15 is 0 Å². The summed E-state index contributed by atoms with van der Waals surface area (Å²) in [5.41, 5.74) is 4.16. The molecule has 4 rings (SSSR count). The maximum Gasteiger partial charge on any atom is 0.337 e. The lowest BCUT2D eigenvalue weighted by molar-refractivity contribution is -0.00312. The monoisotopic (exact) mass is 474 g/mol. The lowest BCUT2D eigenvalue weighted by atomic mass is 9.74. The second kappa shape index (κ2) is 8.53. The highest BCUT2D eigenvalue weighted by Gasteiger charge is 2.40. The molecule has 1 aliphatic carbocycles. The molecule has 2 aromatic rings. The number of ether oxygens (including phenoxy) is 2. The lowest BCUT2D eigenvalue weighted by Crippen LogP contribution is -2.34. The van der Waals surface area contributed by atoms with E-state index in [0.717, 1.165) is 40.7 Å². The van der Waals surface area contributed by atoms with Crippen molar-refractivity contribution in [2.24, 2.45) is 5.92 Å². The number of esters is 1. The summed E-state index contributed by atoms with van der Waals surface area (Å²) in [4.78, 5) is 11.6. The summed E-state index contributed by atoms with van der Waals surface area (Å²) in [5.74, 6) is 0.372. The smallest absolute Gasteiger partial charge is 0.337 e. The number of halogens is 2. The summed E-state index contributed by atoms with van der Waals surface area (Å²) in [6.07, 6.45) is 8.43. The zero-order valence-corrected chi connectivity index (χ0v) is 18.8. The van der Waals surface area contributed by atoms with E-state index in [-0.39, 0.29) is 11.6 Å². The Hall–Kier alpha value is -1.78. The zero-order valence-electron chi connectivity index (χ0n) is 16.4. The third kappa shape index (κ3) is 4.54. The summed E-state index contributed by atoms with van der Waals surface area (Å²) >= 11 is 9.63. The Kier molecular flexibility index (Phi) is 6.03. The summed E-state index contributed by atoms with van der Waals surface area (Å²) in [5, 5.41) is 0.758. The minimum atomic E-state index is -0.310. The Morgan fingerprint density at radius 3 is 2.59 bits per heavy atom. The normalized spacial score (nSPS) is 23.6. The van der Waals surface area contributed by atoms with Crippen LogP contribution in [0.25, 0.3) is 5.57 Å². The van der Waals surface area contributed by atoms with Crippen LogP contribution in [0.3, 0.4) is 0 Å². The fourth-order valence-electron chi connectivity index (χ4n) is 4.44. The number of benzene rings is 2. The highest BCUT2D eigenvalue weighted by molar-refractivity contribution is 9.10. The fraction of sp³-hybridized carbons (Fsp3) is 0.375. The van der Waals surface area contributed by atoms with Gasteiger partial charge in [-0.1, -0.05) is 29.8 Å². The van der Waals surface area contributed by atoms with Crippen molar-refractivity contribution in [3.05, 3.63) is 74.9 Å². The van der Waals surface area contributed by atoms with Crippen LogP contribution in [0.2, 0.25) is 5.02 Å². The molecule has 0 bridgehead atoms. The van der Waals surface area contributed by atoms with Crippen molar-refractivity contribution >= 4 is 39.1 Å². The maximum absolute atomic E-state index is 11.6. The van der Waals surface area contributed by atoms with Gasteiger partial charge in [-0.3, -0.25) is 0 Å². The number of methoxy groups -OCH3 is 1. The number of carbonyl (C=O) groups is 1. The summed E-state index contributed by atoms with van der Waals surface area (Å²) in [7, 11) is 1.40. The van der Waals surface area contributed by atoms with Crippen molar-refractivity contribution in [3.63, 3.8) is 0 Å². The van der Waals surface area contributed by atoms with Crippen LogP contribution in [0, 0.1) is 5.92 Å². The van der Waals surface area contributed by atoms with Crippen molar-refractivity contribution in [2.45, 2.75) is 44.1 Å². The number of carbonyl (C=O) groups excluding carboxylic acids is 1. The van der Waals surface area contributed by atoms with Gasteiger partial charge in [0.1, 0.15) is 5.60 Å². The van der Waals surface area contributed by atoms with Gasteiger partial charge in [0.2, 0.25) is 0 Å². The van der Waals surface area contributed by atoms with Gasteiger partial charge in [0.15, 0.2) is 0 Å². The van der Waals surface area contributed by atoms with Gasteiger partial charge < -0.3 is 9.47 Å². The minimum absolute atomic E-state index is 0.0621.